The van der Waals surface area contributed by atoms with Gasteiger partial charge < -0.3 is 9.47 Å². The summed E-state index contributed by atoms with van der Waals surface area (Å²) in [6.45, 7) is 0.731. The third-order valence-electron chi connectivity index (χ3n) is 3.63. The van der Waals surface area contributed by atoms with Crippen LogP contribution in [-0.2, 0) is 0 Å². The smallest absolute Gasteiger partial charge is 0.137 e. The van der Waals surface area contributed by atoms with Crippen molar-refractivity contribution in [1.29, 1.82) is 5.26 Å². The van der Waals surface area contributed by atoms with E-state index < -0.39 is 0 Å². The molecule has 0 aliphatic carbocycles. The van der Waals surface area contributed by atoms with Crippen LogP contribution in [0, 0.1) is 11.3 Å². The summed E-state index contributed by atoms with van der Waals surface area (Å²) < 4.78 is 11.3. The fourth-order valence-electron chi connectivity index (χ4n) is 2.40. The molecule has 0 saturated carbocycles. The molecule has 0 atom stereocenters. The Morgan fingerprint density at radius 3 is 2.20 bits per heavy atom. The molecular formula is C21H16ClNO2. The van der Waals surface area contributed by atoms with E-state index in [0.717, 1.165) is 11.3 Å². The topological polar surface area (TPSA) is 42.2 Å². The molecule has 0 spiro atoms. The van der Waals surface area contributed by atoms with Gasteiger partial charge in [0.15, 0.2) is 0 Å². The first-order valence-corrected chi connectivity index (χ1v) is 8.25. The van der Waals surface area contributed by atoms with E-state index in [4.69, 9.17) is 26.3 Å². The van der Waals surface area contributed by atoms with Crippen LogP contribution < -0.4 is 9.47 Å². The lowest BCUT2D eigenvalue weighted by Crippen LogP contribution is -2.09. The van der Waals surface area contributed by atoms with Crippen LogP contribution in [0.1, 0.15) is 5.56 Å². The Hall–Kier alpha value is -2.96. The highest BCUT2D eigenvalue weighted by atomic mass is 35.5. The highest BCUT2D eigenvalue weighted by molar-refractivity contribution is 6.30. The van der Waals surface area contributed by atoms with Crippen LogP contribution in [0.2, 0.25) is 5.02 Å². The van der Waals surface area contributed by atoms with E-state index in [1.54, 1.807) is 18.2 Å². The number of ether oxygens (including phenoxy) is 2. The predicted molar refractivity (Wildman–Crippen MR) is 99.0 cm³/mol. The van der Waals surface area contributed by atoms with Gasteiger partial charge in [0.1, 0.15) is 30.8 Å². The van der Waals surface area contributed by atoms with Gasteiger partial charge in [0.2, 0.25) is 0 Å². The molecule has 4 heteroatoms. The first kappa shape index (κ1) is 16.9. The summed E-state index contributed by atoms with van der Waals surface area (Å²) in [6.07, 6.45) is 0. The quantitative estimate of drug-likeness (QED) is 0.564. The van der Waals surface area contributed by atoms with Crippen LogP contribution in [0.4, 0.5) is 0 Å². The number of nitriles is 1. The van der Waals surface area contributed by atoms with Crippen molar-refractivity contribution in [1.82, 2.24) is 0 Å². The van der Waals surface area contributed by atoms with Crippen molar-refractivity contribution in [2.75, 3.05) is 13.2 Å². The third kappa shape index (κ3) is 4.53. The molecular weight excluding hydrogens is 334 g/mol. The lowest BCUT2D eigenvalue weighted by Gasteiger charge is -2.10. The second kappa shape index (κ2) is 8.23. The Morgan fingerprint density at radius 1 is 0.800 bits per heavy atom. The molecule has 0 heterocycles. The van der Waals surface area contributed by atoms with Gasteiger partial charge in [0.25, 0.3) is 0 Å². The van der Waals surface area contributed by atoms with Gasteiger partial charge in [-0.1, -0.05) is 54.1 Å². The zero-order valence-electron chi connectivity index (χ0n) is 13.5. The molecule has 0 bridgehead atoms. The Labute approximate surface area is 152 Å². The van der Waals surface area contributed by atoms with Gasteiger partial charge in [0, 0.05) is 5.02 Å². The van der Waals surface area contributed by atoms with Gasteiger partial charge in [-0.2, -0.15) is 5.26 Å². The minimum Gasteiger partial charge on any atom is -0.490 e. The Balaban J connectivity index is 1.52. The molecule has 0 unspecified atom stereocenters. The molecule has 0 radical (unpaired) electrons. The molecule has 0 fully saturated rings. The second-order valence-corrected chi connectivity index (χ2v) is 5.78. The predicted octanol–water partition coefficient (Wildman–Crippen LogP) is 5.34. The zero-order chi connectivity index (χ0) is 17.5. The Bertz CT molecular complexity index is 871. The molecule has 0 N–H and O–H groups in total. The van der Waals surface area contributed by atoms with Crippen molar-refractivity contribution in [3.63, 3.8) is 0 Å². The Kier molecular flexibility index (Phi) is 5.56. The second-order valence-electron chi connectivity index (χ2n) is 5.34. The van der Waals surface area contributed by atoms with Crippen LogP contribution >= 0.6 is 11.6 Å². The van der Waals surface area contributed by atoms with E-state index in [9.17, 15) is 0 Å². The maximum absolute atomic E-state index is 9.08. The number of halogens is 1. The van der Waals surface area contributed by atoms with Gasteiger partial charge in [-0.05, 0) is 41.5 Å². The zero-order valence-corrected chi connectivity index (χ0v) is 14.2. The monoisotopic (exact) mass is 349 g/mol. The van der Waals surface area contributed by atoms with Gasteiger partial charge in [-0.15, -0.1) is 0 Å². The van der Waals surface area contributed by atoms with Crippen LogP contribution in [0.3, 0.4) is 0 Å². The van der Waals surface area contributed by atoms with Gasteiger partial charge in [-0.25, -0.2) is 0 Å². The SMILES string of the molecule is N#Cc1cc(Cl)ccc1OCCOc1ccc(-c2ccccc2)cc1. The minimum absolute atomic E-state index is 0.344. The molecule has 0 aliphatic heterocycles. The van der Waals surface area contributed by atoms with E-state index in [0.29, 0.717) is 29.5 Å². The fourth-order valence-corrected chi connectivity index (χ4v) is 2.57. The number of benzene rings is 3. The van der Waals surface area contributed by atoms with Gasteiger partial charge in [0.05, 0.1) is 5.56 Å². The lowest BCUT2D eigenvalue weighted by atomic mass is 10.1. The van der Waals surface area contributed by atoms with Crippen molar-refractivity contribution in [3.05, 3.63) is 83.4 Å². The summed E-state index contributed by atoms with van der Waals surface area (Å²) in [4.78, 5) is 0. The minimum atomic E-state index is 0.344. The first-order chi connectivity index (χ1) is 12.3. The van der Waals surface area contributed by atoms with Crippen LogP contribution in [-0.4, -0.2) is 13.2 Å². The normalized spacial score (nSPS) is 10.1. The molecule has 0 amide bonds. The fraction of sp³-hybridized carbons (Fsp3) is 0.0952. The molecule has 0 aromatic heterocycles. The molecule has 3 rings (SSSR count). The number of nitrogens with zero attached hydrogens (tertiary/aromatic N) is 1. The Morgan fingerprint density at radius 2 is 1.48 bits per heavy atom. The maximum Gasteiger partial charge on any atom is 0.137 e. The first-order valence-electron chi connectivity index (χ1n) is 7.87. The van der Waals surface area contributed by atoms with E-state index in [1.165, 1.54) is 5.56 Å². The maximum atomic E-state index is 9.08. The van der Waals surface area contributed by atoms with Crippen LogP contribution in [0.15, 0.2) is 72.8 Å². The van der Waals surface area contributed by atoms with Crippen molar-refractivity contribution < 1.29 is 9.47 Å². The largest absolute Gasteiger partial charge is 0.490 e. The standard InChI is InChI=1S/C21H16ClNO2/c22-19-8-11-21(18(14-19)15-23)25-13-12-24-20-9-6-17(7-10-20)16-4-2-1-3-5-16/h1-11,14H,12-13H2. The lowest BCUT2D eigenvalue weighted by molar-refractivity contribution is 0.217. The summed E-state index contributed by atoms with van der Waals surface area (Å²) in [7, 11) is 0. The summed E-state index contributed by atoms with van der Waals surface area (Å²) >= 11 is 5.86. The molecule has 3 nitrogen and oxygen atoms in total. The van der Waals surface area contributed by atoms with E-state index in [1.807, 2.05) is 42.5 Å². The summed E-state index contributed by atoms with van der Waals surface area (Å²) in [5.74, 6) is 1.29. The van der Waals surface area contributed by atoms with E-state index >= 15 is 0 Å². The van der Waals surface area contributed by atoms with Crippen molar-refractivity contribution in [2.45, 2.75) is 0 Å². The number of hydrogen-bond acceptors (Lipinski definition) is 3. The van der Waals surface area contributed by atoms with Gasteiger partial charge in [-0.3, -0.25) is 0 Å². The third-order valence-corrected chi connectivity index (χ3v) is 3.87. The highest BCUT2D eigenvalue weighted by Crippen LogP contribution is 2.23. The van der Waals surface area contributed by atoms with Crippen LogP contribution in [0.25, 0.3) is 11.1 Å². The van der Waals surface area contributed by atoms with E-state index in [2.05, 4.69) is 18.2 Å². The molecule has 3 aromatic rings. The number of hydrogen-bond donors (Lipinski definition) is 0. The number of rotatable bonds is 6. The average Bonchev–Trinajstić information content (AvgIpc) is 2.67. The van der Waals surface area contributed by atoms with Crippen molar-refractivity contribution >= 4 is 11.6 Å². The van der Waals surface area contributed by atoms with Crippen LogP contribution in [0.5, 0.6) is 11.5 Å². The summed E-state index contributed by atoms with van der Waals surface area (Å²) in [5, 5.41) is 9.59. The molecule has 124 valence electrons. The summed E-state index contributed by atoms with van der Waals surface area (Å²) in [5.41, 5.74) is 2.73. The highest BCUT2D eigenvalue weighted by Gasteiger charge is 2.04. The average molecular weight is 350 g/mol. The van der Waals surface area contributed by atoms with Crippen molar-refractivity contribution in [2.24, 2.45) is 0 Å². The summed E-state index contributed by atoms with van der Waals surface area (Å²) in [6, 6.07) is 25.1. The molecule has 0 saturated heterocycles. The molecule has 3 aromatic carbocycles. The van der Waals surface area contributed by atoms with Crippen molar-refractivity contribution in [3.8, 4) is 28.7 Å². The molecule has 0 aliphatic rings. The van der Waals surface area contributed by atoms with E-state index in [-0.39, 0.29) is 0 Å². The van der Waals surface area contributed by atoms with Gasteiger partial charge >= 0.3 is 0 Å². The molecule has 25 heavy (non-hydrogen) atoms.